The molecule has 0 aromatic heterocycles. The molecule has 7 nitrogen and oxygen atoms in total. The topological polar surface area (TPSA) is 115 Å². The number of nitro benzene ring substituents is 1. The van der Waals surface area contributed by atoms with Crippen molar-refractivity contribution in [2.75, 3.05) is 0 Å². The molecule has 0 unspecified atom stereocenters. The third kappa shape index (κ3) is 2.74. The van der Waals surface area contributed by atoms with E-state index in [1.54, 1.807) is 12.1 Å². The van der Waals surface area contributed by atoms with Crippen LogP contribution in [0.5, 0.6) is 0 Å². The van der Waals surface area contributed by atoms with Crippen molar-refractivity contribution < 1.29 is 14.5 Å². The van der Waals surface area contributed by atoms with Crippen LogP contribution in [0.15, 0.2) is 18.2 Å². The number of benzene rings is 1. The summed E-state index contributed by atoms with van der Waals surface area (Å²) in [4.78, 5) is 34.9. The Balaban J connectivity index is 1.81. The molecule has 1 aromatic rings. The van der Waals surface area contributed by atoms with Gasteiger partial charge in [0.25, 0.3) is 11.6 Å². The van der Waals surface area contributed by atoms with Crippen molar-refractivity contribution in [1.82, 2.24) is 5.32 Å². The van der Waals surface area contributed by atoms with Gasteiger partial charge in [-0.3, -0.25) is 19.7 Å². The number of aryl methyl sites for hydroxylation is 1. The maximum atomic E-state index is 12.5. The number of nitrogens with zero attached hydrogens (tertiary/aromatic N) is 1. The molecule has 0 aliphatic heterocycles. The van der Waals surface area contributed by atoms with Crippen molar-refractivity contribution in [3.8, 4) is 0 Å². The van der Waals surface area contributed by atoms with Crippen LogP contribution in [0.2, 0.25) is 0 Å². The summed E-state index contributed by atoms with van der Waals surface area (Å²) in [6.07, 6.45) is 3.39. The molecule has 24 heavy (non-hydrogen) atoms. The number of rotatable bonds is 5. The molecule has 1 aromatic carbocycles. The second kappa shape index (κ2) is 6.22. The molecule has 0 heterocycles. The van der Waals surface area contributed by atoms with Crippen LogP contribution in [0.3, 0.4) is 0 Å². The van der Waals surface area contributed by atoms with Gasteiger partial charge in [0.15, 0.2) is 0 Å². The first-order valence-electron chi connectivity index (χ1n) is 8.29. The highest BCUT2D eigenvalue weighted by molar-refractivity contribution is 5.95. The van der Waals surface area contributed by atoms with Crippen LogP contribution < -0.4 is 11.1 Å². The Morgan fingerprint density at radius 1 is 1.33 bits per heavy atom. The SMILES string of the molecule is CCc1ccc(C(=O)N[C@@H]2[C@H]3CC[C@@H](C3)[C@@H]2C(N)=O)cc1[N+](=O)[O-]. The maximum Gasteiger partial charge on any atom is 0.273 e. The Bertz CT molecular complexity index is 703. The summed E-state index contributed by atoms with van der Waals surface area (Å²) in [5.74, 6) is -0.585. The first-order chi connectivity index (χ1) is 11.4. The molecule has 3 rings (SSSR count). The first-order valence-corrected chi connectivity index (χ1v) is 8.29. The summed E-state index contributed by atoms with van der Waals surface area (Å²) in [7, 11) is 0. The Kier molecular flexibility index (Phi) is 4.26. The normalized spacial score (nSPS) is 27.9. The zero-order valence-corrected chi connectivity index (χ0v) is 13.5. The van der Waals surface area contributed by atoms with Gasteiger partial charge in [0.1, 0.15) is 0 Å². The first kappa shape index (κ1) is 16.4. The van der Waals surface area contributed by atoms with Gasteiger partial charge in [-0.2, -0.15) is 0 Å². The maximum absolute atomic E-state index is 12.5. The van der Waals surface area contributed by atoms with Crippen molar-refractivity contribution in [2.24, 2.45) is 23.5 Å². The summed E-state index contributed by atoms with van der Waals surface area (Å²) in [6.45, 7) is 1.83. The van der Waals surface area contributed by atoms with E-state index in [4.69, 9.17) is 5.73 Å². The molecule has 2 aliphatic rings. The fourth-order valence-electron chi connectivity index (χ4n) is 4.32. The minimum Gasteiger partial charge on any atom is -0.369 e. The fraction of sp³-hybridized carbons (Fsp3) is 0.529. The minimum atomic E-state index is -0.473. The number of nitrogens with one attached hydrogen (secondary N) is 1. The van der Waals surface area contributed by atoms with Crippen LogP contribution in [-0.4, -0.2) is 22.8 Å². The molecule has 2 bridgehead atoms. The molecule has 3 N–H and O–H groups in total. The van der Waals surface area contributed by atoms with Gasteiger partial charge in [-0.05, 0) is 43.6 Å². The van der Waals surface area contributed by atoms with E-state index in [2.05, 4.69) is 5.32 Å². The van der Waals surface area contributed by atoms with Crippen molar-refractivity contribution in [2.45, 2.75) is 38.6 Å². The predicted octanol–water partition coefficient (Wildman–Crippen LogP) is 1.79. The molecule has 2 aliphatic carbocycles. The number of hydrogen-bond donors (Lipinski definition) is 2. The summed E-state index contributed by atoms with van der Waals surface area (Å²) >= 11 is 0. The van der Waals surface area contributed by atoms with Gasteiger partial charge < -0.3 is 11.1 Å². The van der Waals surface area contributed by atoms with E-state index in [9.17, 15) is 19.7 Å². The summed E-state index contributed by atoms with van der Waals surface area (Å²) in [5.41, 5.74) is 6.29. The third-order valence-electron chi connectivity index (χ3n) is 5.47. The number of carbonyl (C=O) groups excluding carboxylic acids is 2. The van der Waals surface area contributed by atoms with Gasteiger partial charge >= 0.3 is 0 Å². The zero-order valence-electron chi connectivity index (χ0n) is 13.5. The number of nitro groups is 1. The summed E-state index contributed by atoms with van der Waals surface area (Å²) in [5, 5.41) is 14.1. The highest BCUT2D eigenvalue weighted by Crippen LogP contribution is 2.48. The number of fused-ring (bicyclic) bond motifs is 2. The number of primary amides is 1. The highest BCUT2D eigenvalue weighted by Gasteiger charge is 2.50. The van der Waals surface area contributed by atoms with Crippen LogP contribution in [-0.2, 0) is 11.2 Å². The van der Waals surface area contributed by atoms with Gasteiger partial charge in [0.2, 0.25) is 5.91 Å². The molecular weight excluding hydrogens is 310 g/mol. The van der Waals surface area contributed by atoms with E-state index in [0.717, 1.165) is 19.3 Å². The highest BCUT2D eigenvalue weighted by atomic mass is 16.6. The lowest BCUT2D eigenvalue weighted by Crippen LogP contribution is -2.48. The number of nitrogens with two attached hydrogens (primary N) is 1. The van der Waals surface area contributed by atoms with E-state index in [0.29, 0.717) is 12.0 Å². The fourth-order valence-corrected chi connectivity index (χ4v) is 4.32. The van der Waals surface area contributed by atoms with E-state index in [-0.39, 0.29) is 46.9 Å². The number of carbonyl (C=O) groups is 2. The molecule has 0 saturated heterocycles. The Labute approximate surface area is 139 Å². The lowest BCUT2D eigenvalue weighted by Gasteiger charge is -2.29. The predicted molar refractivity (Wildman–Crippen MR) is 87.2 cm³/mol. The molecule has 7 heteroatoms. The van der Waals surface area contributed by atoms with Crippen molar-refractivity contribution in [3.05, 3.63) is 39.4 Å². The lowest BCUT2D eigenvalue weighted by molar-refractivity contribution is -0.385. The Morgan fingerprint density at radius 2 is 2.04 bits per heavy atom. The van der Waals surface area contributed by atoms with Crippen LogP contribution >= 0.6 is 0 Å². The van der Waals surface area contributed by atoms with Gasteiger partial charge in [-0.1, -0.05) is 13.0 Å². The van der Waals surface area contributed by atoms with Gasteiger partial charge in [-0.25, -0.2) is 0 Å². The molecule has 4 atom stereocenters. The van der Waals surface area contributed by atoms with Crippen LogP contribution in [0, 0.1) is 27.9 Å². The molecule has 0 spiro atoms. The van der Waals surface area contributed by atoms with Gasteiger partial charge in [0.05, 0.1) is 10.8 Å². The molecular formula is C17H21N3O4. The number of amides is 2. The summed E-state index contributed by atoms with van der Waals surface area (Å²) in [6, 6.07) is 4.24. The van der Waals surface area contributed by atoms with Gasteiger partial charge in [0, 0.05) is 23.2 Å². The van der Waals surface area contributed by atoms with Crippen LogP contribution in [0.4, 0.5) is 5.69 Å². The van der Waals surface area contributed by atoms with E-state index in [1.165, 1.54) is 6.07 Å². The molecule has 128 valence electrons. The van der Waals surface area contributed by atoms with Crippen LogP contribution in [0.1, 0.15) is 42.1 Å². The third-order valence-corrected chi connectivity index (χ3v) is 5.47. The van der Waals surface area contributed by atoms with Crippen molar-refractivity contribution >= 4 is 17.5 Å². The van der Waals surface area contributed by atoms with Crippen LogP contribution in [0.25, 0.3) is 0 Å². The second-order valence-electron chi connectivity index (χ2n) is 6.71. The smallest absolute Gasteiger partial charge is 0.273 e. The molecule has 2 amide bonds. The Morgan fingerprint density at radius 3 is 2.67 bits per heavy atom. The van der Waals surface area contributed by atoms with Crippen molar-refractivity contribution in [3.63, 3.8) is 0 Å². The molecule has 2 fully saturated rings. The molecule has 2 saturated carbocycles. The van der Waals surface area contributed by atoms with Crippen molar-refractivity contribution in [1.29, 1.82) is 0 Å². The monoisotopic (exact) mass is 331 g/mol. The Hall–Kier alpha value is -2.44. The van der Waals surface area contributed by atoms with E-state index < -0.39 is 4.92 Å². The quantitative estimate of drug-likeness (QED) is 0.632. The van der Waals surface area contributed by atoms with E-state index in [1.807, 2.05) is 6.92 Å². The average Bonchev–Trinajstić information content (AvgIpc) is 3.15. The standard InChI is InChI=1S/C17H21N3O4/c1-2-9-3-6-12(8-13(9)20(23)24)17(22)19-15-11-5-4-10(7-11)14(15)16(18)21/h3,6,8,10-11,14-15H,2,4-5,7H2,1H3,(H2,18,21)(H,19,22)/t10-,11-,14-,15+/m0/s1. The lowest BCUT2D eigenvalue weighted by atomic mass is 9.84. The number of hydrogen-bond acceptors (Lipinski definition) is 4. The largest absolute Gasteiger partial charge is 0.369 e. The zero-order chi connectivity index (χ0) is 17.4. The summed E-state index contributed by atoms with van der Waals surface area (Å²) < 4.78 is 0. The average molecular weight is 331 g/mol. The van der Waals surface area contributed by atoms with E-state index >= 15 is 0 Å². The van der Waals surface area contributed by atoms with Gasteiger partial charge in [-0.15, -0.1) is 0 Å². The minimum absolute atomic E-state index is 0.0513. The molecule has 0 radical (unpaired) electrons. The second-order valence-corrected chi connectivity index (χ2v) is 6.71.